The maximum atomic E-state index is 12.5. The summed E-state index contributed by atoms with van der Waals surface area (Å²) in [7, 11) is 0. The van der Waals surface area contributed by atoms with Crippen molar-refractivity contribution in [1.82, 2.24) is 0 Å². The van der Waals surface area contributed by atoms with Gasteiger partial charge in [0.05, 0.1) is 0 Å². The molecule has 3 rings (SSSR count). The average molecular weight is 316 g/mol. The first kappa shape index (κ1) is 16.0. The molecular weight excluding hydrogens is 296 g/mol. The highest BCUT2D eigenvalue weighted by molar-refractivity contribution is 5.98. The van der Waals surface area contributed by atoms with Crippen molar-refractivity contribution in [3.8, 4) is 5.75 Å². The SMILES string of the molecule is Cc1cc(OCc2ccccc2)ccc1C(=O)Cc1ccccc1. The van der Waals surface area contributed by atoms with Crippen molar-refractivity contribution in [3.05, 3.63) is 101 Å². The predicted octanol–water partition coefficient (Wildman–Crippen LogP) is 5.00. The Morgan fingerprint density at radius 3 is 2.08 bits per heavy atom. The largest absolute Gasteiger partial charge is 0.489 e. The summed E-state index contributed by atoms with van der Waals surface area (Å²) < 4.78 is 5.81. The zero-order valence-corrected chi connectivity index (χ0v) is 13.7. The molecule has 0 amide bonds. The smallest absolute Gasteiger partial charge is 0.167 e. The van der Waals surface area contributed by atoms with Crippen LogP contribution in [-0.4, -0.2) is 5.78 Å². The molecule has 3 aromatic rings. The minimum absolute atomic E-state index is 0.133. The highest BCUT2D eigenvalue weighted by atomic mass is 16.5. The van der Waals surface area contributed by atoms with E-state index in [1.54, 1.807) is 0 Å². The third-order valence-electron chi connectivity index (χ3n) is 3.95. The Hall–Kier alpha value is -2.87. The van der Waals surface area contributed by atoms with Gasteiger partial charge in [-0.2, -0.15) is 0 Å². The fourth-order valence-corrected chi connectivity index (χ4v) is 2.66. The maximum absolute atomic E-state index is 12.5. The molecule has 120 valence electrons. The summed E-state index contributed by atoms with van der Waals surface area (Å²) in [5.74, 6) is 0.918. The monoisotopic (exact) mass is 316 g/mol. The van der Waals surface area contributed by atoms with Crippen molar-refractivity contribution in [2.24, 2.45) is 0 Å². The number of hydrogen-bond acceptors (Lipinski definition) is 2. The second-order valence-corrected chi connectivity index (χ2v) is 5.84. The van der Waals surface area contributed by atoms with Gasteiger partial charge in [-0.05, 0) is 41.8 Å². The average Bonchev–Trinajstić information content (AvgIpc) is 2.61. The van der Waals surface area contributed by atoms with E-state index in [-0.39, 0.29) is 5.78 Å². The molecule has 0 aliphatic rings. The molecule has 0 saturated heterocycles. The highest BCUT2D eigenvalue weighted by Crippen LogP contribution is 2.20. The molecule has 0 aliphatic heterocycles. The van der Waals surface area contributed by atoms with Crippen LogP contribution < -0.4 is 4.74 Å². The van der Waals surface area contributed by atoms with Crippen molar-refractivity contribution in [2.75, 3.05) is 0 Å². The Balaban J connectivity index is 1.67. The Bertz CT molecular complexity index is 808. The molecule has 0 aliphatic carbocycles. The van der Waals surface area contributed by atoms with Crippen LogP contribution in [-0.2, 0) is 13.0 Å². The van der Waals surface area contributed by atoms with Crippen LogP contribution in [0.15, 0.2) is 78.9 Å². The lowest BCUT2D eigenvalue weighted by molar-refractivity contribution is 0.0992. The van der Waals surface area contributed by atoms with Crippen LogP contribution in [0.25, 0.3) is 0 Å². The zero-order chi connectivity index (χ0) is 16.8. The van der Waals surface area contributed by atoms with Crippen LogP contribution >= 0.6 is 0 Å². The van der Waals surface area contributed by atoms with Crippen LogP contribution in [0.4, 0.5) is 0 Å². The minimum atomic E-state index is 0.133. The minimum Gasteiger partial charge on any atom is -0.489 e. The van der Waals surface area contributed by atoms with E-state index in [2.05, 4.69) is 0 Å². The topological polar surface area (TPSA) is 26.3 Å². The van der Waals surface area contributed by atoms with Gasteiger partial charge in [-0.15, -0.1) is 0 Å². The predicted molar refractivity (Wildman–Crippen MR) is 96.4 cm³/mol. The van der Waals surface area contributed by atoms with Crippen molar-refractivity contribution in [2.45, 2.75) is 20.0 Å². The summed E-state index contributed by atoms with van der Waals surface area (Å²) >= 11 is 0. The number of ketones is 1. The number of carbonyl (C=O) groups is 1. The van der Waals surface area contributed by atoms with Gasteiger partial charge in [-0.1, -0.05) is 60.7 Å². The third-order valence-corrected chi connectivity index (χ3v) is 3.95. The molecule has 24 heavy (non-hydrogen) atoms. The summed E-state index contributed by atoms with van der Waals surface area (Å²) in [6.07, 6.45) is 0.423. The molecule has 0 atom stereocenters. The molecule has 0 fully saturated rings. The maximum Gasteiger partial charge on any atom is 0.167 e. The number of aryl methyl sites for hydroxylation is 1. The van der Waals surface area contributed by atoms with E-state index >= 15 is 0 Å². The number of carbonyl (C=O) groups excluding carboxylic acids is 1. The first-order valence-electron chi connectivity index (χ1n) is 8.07. The van der Waals surface area contributed by atoms with Gasteiger partial charge < -0.3 is 4.74 Å². The highest BCUT2D eigenvalue weighted by Gasteiger charge is 2.11. The van der Waals surface area contributed by atoms with E-state index in [9.17, 15) is 4.79 Å². The van der Waals surface area contributed by atoms with E-state index in [1.807, 2.05) is 85.8 Å². The fraction of sp³-hybridized carbons (Fsp3) is 0.136. The quantitative estimate of drug-likeness (QED) is 0.598. The van der Waals surface area contributed by atoms with E-state index in [0.717, 1.165) is 28.0 Å². The van der Waals surface area contributed by atoms with Crippen molar-refractivity contribution in [3.63, 3.8) is 0 Å². The molecule has 0 radical (unpaired) electrons. The molecule has 0 aromatic heterocycles. The van der Waals surface area contributed by atoms with Gasteiger partial charge in [-0.25, -0.2) is 0 Å². The molecule has 2 heteroatoms. The second-order valence-electron chi connectivity index (χ2n) is 5.84. The van der Waals surface area contributed by atoms with E-state index < -0.39 is 0 Å². The van der Waals surface area contributed by atoms with Crippen LogP contribution in [0.2, 0.25) is 0 Å². The van der Waals surface area contributed by atoms with E-state index in [4.69, 9.17) is 4.74 Å². The van der Waals surface area contributed by atoms with Crippen LogP contribution in [0.5, 0.6) is 5.75 Å². The standard InChI is InChI=1S/C22H20O2/c1-17-14-20(24-16-19-10-6-3-7-11-19)12-13-21(17)22(23)15-18-8-4-2-5-9-18/h2-14H,15-16H2,1H3. The lowest BCUT2D eigenvalue weighted by Crippen LogP contribution is -2.06. The van der Waals surface area contributed by atoms with Crippen molar-refractivity contribution < 1.29 is 9.53 Å². The summed E-state index contributed by atoms with van der Waals surface area (Å²) in [5, 5.41) is 0. The molecule has 2 nitrogen and oxygen atoms in total. The van der Waals surface area contributed by atoms with Gasteiger partial charge in [-0.3, -0.25) is 4.79 Å². The number of Topliss-reactive ketones (excluding diaryl/α,β-unsaturated/α-hetero) is 1. The van der Waals surface area contributed by atoms with Gasteiger partial charge >= 0.3 is 0 Å². The van der Waals surface area contributed by atoms with Crippen molar-refractivity contribution in [1.29, 1.82) is 0 Å². The van der Waals surface area contributed by atoms with Gasteiger partial charge in [0.2, 0.25) is 0 Å². The van der Waals surface area contributed by atoms with Gasteiger partial charge in [0, 0.05) is 12.0 Å². The van der Waals surface area contributed by atoms with Crippen LogP contribution in [0.1, 0.15) is 27.0 Å². The van der Waals surface area contributed by atoms with E-state index in [1.165, 1.54) is 0 Å². The van der Waals surface area contributed by atoms with Crippen LogP contribution in [0, 0.1) is 6.92 Å². The Morgan fingerprint density at radius 1 is 0.833 bits per heavy atom. The lowest BCUT2D eigenvalue weighted by Gasteiger charge is -2.10. The molecule has 0 N–H and O–H groups in total. The molecule has 0 unspecified atom stereocenters. The molecule has 3 aromatic carbocycles. The van der Waals surface area contributed by atoms with Gasteiger partial charge in [0.15, 0.2) is 5.78 Å². The zero-order valence-electron chi connectivity index (χ0n) is 13.7. The normalized spacial score (nSPS) is 10.4. The van der Waals surface area contributed by atoms with Crippen LogP contribution in [0.3, 0.4) is 0 Å². The number of ether oxygens (including phenoxy) is 1. The Kier molecular flexibility index (Phi) is 5.07. The molecule has 0 spiro atoms. The first-order chi connectivity index (χ1) is 11.7. The molecule has 0 heterocycles. The van der Waals surface area contributed by atoms with Gasteiger partial charge in [0.1, 0.15) is 12.4 Å². The summed E-state index contributed by atoms with van der Waals surface area (Å²) in [5.41, 5.74) is 3.86. The summed E-state index contributed by atoms with van der Waals surface area (Å²) in [4.78, 5) is 12.5. The number of hydrogen-bond donors (Lipinski definition) is 0. The number of benzene rings is 3. The van der Waals surface area contributed by atoms with Crippen molar-refractivity contribution >= 4 is 5.78 Å². The Labute approximate surface area is 142 Å². The third kappa shape index (κ3) is 4.11. The molecular formula is C22H20O2. The Morgan fingerprint density at radius 2 is 1.46 bits per heavy atom. The fourth-order valence-electron chi connectivity index (χ4n) is 2.66. The first-order valence-corrected chi connectivity index (χ1v) is 8.07. The molecule has 0 saturated carbocycles. The second kappa shape index (κ2) is 7.60. The van der Waals surface area contributed by atoms with E-state index in [0.29, 0.717) is 13.0 Å². The molecule has 0 bridgehead atoms. The summed E-state index contributed by atoms with van der Waals surface area (Å²) in [6, 6.07) is 25.5. The lowest BCUT2D eigenvalue weighted by atomic mass is 9.99. The summed E-state index contributed by atoms with van der Waals surface area (Å²) in [6.45, 7) is 2.48. The van der Waals surface area contributed by atoms with Gasteiger partial charge in [0.25, 0.3) is 0 Å². The number of rotatable bonds is 6.